The van der Waals surface area contributed by atoms with Crippen LogP contribution in [0.4, 0.5) is 4.39 Å². The second kappa shape index (κ2) is 5.18. The SMILES string of the molecule is CC(Sc1nnc(-c2ccc(F)cc2)o1)C(=O)O. The Morgan fingerprint density at radius 1 is 1.39 bits per heavy atom. The van der Waals surface area contributed by atoms with Crippen LogP contribution >= 0.6 is 11.8 Å². The van der Waals surface area contributed by atoms with Gasteiger partial charge in [0.1, 0.15) is 11.1 Å². The first-order valence-corrected chi connectivity index (χ1v) is 5.93. The van der Waals surface area contributed by atoms with Crippen molar-refractivity contribution >= 4 is 17.7 Å². The fourth-order valence-corrected chi connectivity index (χ4v) is 1.79. The van der Waals surface area contributed by atoms with Gasteiger partial charge in [0, 0.05) is 5.56 Å². The molecule has 1 atom stereocenters. The van der Waals surface area contributed by atoms with Gasteiger partial charge in [0.25, 0.3) is 5.22 Å². The number of thioether (sulfide) groups is 1. The van der Waals surface area contributed by atoms with Gasteiger partial charge in [0.05, 0.1) is 0 Å². The average Bonchev–Trinajstić information content (AvgIpc) is 2.78. The van der Waals surface area contributed by atoms with Gasteiger partial charge >= 0.3 is 5.97 Å². The molecule has 1 N–H and O–H groups in total. The molecule has 0 radical (unpaired) electrons. The molecule has 0 amide bonds. The van der Waals surface area contributed by atoms with E-state index in [1.165, 1.54) is 31.2 Å². The molecule has 1 aromatic heterocycles. The van der Waals surface area contributed by atoms with Crippen molar-refractivity contribution < 1.29 is 18.7 Å². The first-order valence-electron chi connectivity index (χ1n) is 5.05. The largest absolute Gasteiger partial charge is 0.480 e. The molecule has 2 rings (SSSR count). The predicted molar refractivity (Wildman–Crippen MR) is 62.6 cm³/mol. The highest BCUT2D eigenvalue weighted by atomic mass is 32.2. The van der Waals surface area contributed by atoms with E-state index in [2.05, 4.69) is 10.2 Å². The van der Waals surface area contributed by atoms with Crippen LogP contribution < -0.4 is 0 Å². The quantitative estimate of drug-likeness (QED) is 0.858. The van der Waals surface area contributed by atoms with Crippen LogP contribution in [-0.4, -0.2) is 26.5 Å². The summed E-state index contributed by atoms with van der Waals surface area (Å²) < 4.78 is 18.0. The van der Waals surface area contributed by atoms with Crippen LogP contribution in [0, 0.1) is 5.82 Å². The van der Waals surface area contributed by atoms with Crippen molar-refractivity contribution in [2.45, 2.75) is 17.4 Å². The number of hydrogen-bond acceptors (Lipinski definition) is 5. The van der Waals surface area contributed by atoms with Crippen LogP contribution in [0.1, 0.15) is 6.92 Å². The summed E-state index contributed by atoms with van der Waals surface area (Å²) in [7, 11) is 0. The number of benzene rings is 1. The Hall–Kier alpha value is -1.89. The van der Waals surface area contributed by atoms with Crippen molar-refractivity contribution in [3.63, 3.8) is 0 Å². The van der Waals surface area contributed by atoms with E-state index in [0.717, 1.165) is 11.8 Å². The third-order valence-electron chi connectivity index (χ3n) is 2.12. The minimum absolute atomic E-state index is 0.171. The van der Waals surface area contributed by atoms with Crippen molar-refractivity contribution in [2.75, 3.05) is 0 Å². The fourth-order valence-electron chi connectivity index (χ4n) is 1.17. The molecule has 18 heavy (non-hydrogen) atoms. The Labute approximate surface area is 106 Å². The van der Waals surface area contributed by atoms with E-state index in [1.54, 1.807) is 0 Å². The van der Waals surface area contributed by atoms with Gasteiger partial charge in [-0.3, -0.25) is 4.79 Å². The number of rotatable bonds is 4. The first-order chi connectivity index (χ1) is 8.56. The van der Waals surface area contributed by atoms with Gasteiger partial charge in [0.15, 0.2) is 0 Å². The molecule has 0 saturated heterocycles. The van der Waals surface area contributed by atoms with E-state index >= 15 is 0 Å². The zero-order valence-electron chi connectivity index (χ0n) is 9.33. The average molecular weight is 268 g/mol. The minimum Gasteiger partial charge on any atom is -0.480 e. The normalized spacial score (nSPS) is 12.3. The summed E-state index contributed by atoms with van der Waals surface area (Å²) >= 11 is 0.956. The van der Waals surface area contributed by atoms with Gasteiger partial charge in [-0.2, -0.15) is 0 Å². The number of carboxylic acid groups (broad SMARTS) is 1. The van der Waals surface area contributed by atoms with Gasteiger partial charge in [-0.15, -0.1) is 10.2 Å². The van der Waals surface area contributed by atoms with E-state index in [-0.39, 0.29) is 16.9 Å². The smallest absolute Gasteiger partial charge is 0.316 e. The molecule has 5 nitrogen and oxygen atoms in total. The number of carboxylic acids is 1. The molecule has 0 fully saturated rings. The van der Waals surface area contributed by atoms with Crippen LogP contribution in [0.15, 0.2) is 33.9 Å². The van der Waals surface area contributed by atoms with Crippen LogP contribution in [0.5, 0.6) is 0 Å². The molecule has 7 heteroatoms. The highest BCUT2D eigenvalue weighted by Gasteiger charge is 2.17. The van der Waals surface area contributed by atoms with Gasteiger partial charge in [-0.05, 0) is 31.2 Å². The monoisotopic (exact) mass is 268 g/mol. The van der Waals surface area contributed by atoms with Crippen LogP contribution in [0.25, 0.3) is 11.5 Å². The Balaban J connectivity index is 2.15. The zero-order valence-corrected chi connectivity index (χ0v) is 10.1. The number of aromatic nitrogens is 2. The molecule has 0 aliphatic rings. The summed E-state index contributed by atoms with van der Waals surface area (Å²) in [6, 6.07) is 5.59. The molecular weight excluding hydrogens is 259 g/mol. The summed E-state index contributed by atoms with van der Waals surface area (Å²) in [5, 5.41) is 15.7. The Kier molecular flexibility index (Phi) is 3.61. The lowest BCUT2D eigenvalue weighted by molar-refractivity contribution is -0.136. The second-order valence-corrected chi connectivity index (χ2v) is 4.77. The Morgan fingerprint density at radius 3 is 2.67 bits per heavy atom. The summed E-state index contributed by atoms with van der Waals surface area (Å²) in [6.45, 7) is 1.52. The maximum Gasteiger partial charge on any atom is 0.316 e. The fraction of sp³-hybridized carbons (Fsp3) is 0.182. The number of aliphatic carboxylic acids is 1. The first kappa shape index (κ1) is 12.6. The molecule has 0 spiro atoms. The number of nitrogens with zero attached hydrogens (tertiary/aromatic N) is 2. The summed E-state index contributed by atoms with van der Waals surface area (Å²) in [4.78, 5) is 10.7. The molecule has 94 valence electrons. The molecule has 1 heterocycles. The van der Waals surface area contributed by atoms with Crippen molar-refractivity contribution in [3.05, 3.63) is 30.1 Å². The molecule has 0 saturated carbocycles. The topological polar surface area (TPSA) is 76.2 Å². The molecule has 0 aliphatic carbocycles. The van der Waals surface area contributed by atoms with Crippen molar-refractivity contribution in [3.8, 4) is 11.5 Å². The van der Waals surface area contributed by atoms with Gasteiger partial charge in [-0.25, -0.2) is 4.39 Å². The number of carbonyl (C=O) groups is 1. The molecular formula is C11H9FN2O3S. The van der Waals surface area contributed by atoms with E-state index in [1.807, 2.05) is 0 Å². The standard InChI is InChI=1S/C11H9FN2O3S/c1-6(10(15)16)18-11-14-13-9(17-11)7-2-4-8(12)5-3-7/h2-6H,1H3,(H,15,16). The van der Waals surface area contributed by atoms with Crippen LogP contribution in [0.3, 0.4) is 0 Å². The lowest BCUT2D eigenvalue weighted by Gasteiger charge is -1.99. The maximum absolute atomic E-state index is 12.7. The van der Waals surface area contributed by atoms with Gasteiger partial charge < -0.3 is 9.52 Å². The maximum atomic E-state index is 12.7. The molecule has 1 aromatic carbocycles. The van der Waals surface area contributed by atoms with E-state index in [9.17, 15) is 9.18 Å². The highest BCUT2D eigenvalue weighted by molar-refractivity contribution is 8.00. The molecule has 1 unspecified atom stereocenters. The highest BCUT2D eigenvalue weighted by Crippen LogP contribution is 2.26. The van der Waals surface area contributed by atoms with E-state index in [4.69, 9.17) is 9.52 Å². The second-order valence-electron chi connectivity index (χ2n) is 3.48. The molecule has 0 aliphatic heterocycles. The van der Waals surface area contributed by atoms with E-state index < -0.39 is 11.2 Å². The van der Waals surface area contributed by atoms with Gasteiger partial charge in [0.2, 0.25) is 5.89 Å². The summed E-state index contributed by atoms with van der Waals surface area (Å²) in [5.74, 6) is -1.08. The Bertz CT molecular complexity index is 556. The van der Waals surface area contributed by atoms with Crippen LogP contribution in [-0.2, 0) is 4.79 Å². The zero-order chi connectivity index (χ0) is 13.1. The van der Waals surface area contributed by atoms with Crippen LogP contribution in [0.2, 0.25) is 0 Å². The van der Waals surface area contributed by atoms with E-state index in [0.29, 0.717) is 5.56 Å². The third-order valence-corrected chi connectivity index (χ3v) is 3.04. The Morgan fingerprint density at radius 2 is 2.06 bits per heavy atom. The molecule has 0 bridgehead atoms. The predicted octanol–water partition coefficient (Wildman–Crippen LogP) is 2.44. The third kappa shape index (κ3) is 2.86. The van der Waals surface area contributed by atoms with Crippen molar-refractivity contribution in [1.29, 1.82) is 0 Å². The number of hydrogen-bond donors (Lipinski definition) is 1. The summed E-state index contributed by atoms with van der Waals surface area (Å²) in [6.07, 6.45) is 0. The molecule has 2 aromatic rings. The van der Waals surface area contributed by atoms with Crippen molar-refractivity contribution in [1.82, 2.24) is 10.2 Å². The number of halogens is 1. The minimum atomic E-state index is -0.957. The lowest BCUT2D eigenvalue weighted by atomic mass is 10.2. The lowest BCUT2D eigenvalue weighted by Crippen LogP contribution is -2.10. The summed E-state index contributed by atoms with van der Waals surface area (Å²) in [5.41, 5.74) is 0.582. The van der Waals surface area contributed by atoms with Gasteiger partial charge in [-0.1, -0.05) is 11.8 Å². The van der Waals surface area contributed by atoms with Crippen molar-refractivity contribution in [2.24, 2.45) is 0 Å².